The molecular weight excluding hydrogens is 283 g/mol. The van der Waals surface area contributed by atoms with Crippen molar-refractivity contribution in [1.29, 1.82) is 0 Å². The van der Waals surface area contributed by atoms with Crippen molar-refractivity contribution < 1.29 is 26.3 Å². The summed E-state index contributed by atoms with van der Waals surface area (Å²) in [5.74, 6) is 0.193. The van der Waals surface area contributed by atoms with E-state index in [9.17, 15) is 21.6 Å². The zero-order valence-corrected chi connectivity index (χ0v) is 10.5. The van der Waals surface area contributed by atoms with Crippen molar-refractivity contribution in [3.05, 3.63) is 29.8 Å². The number of hydrogen-bond acceptors (Lipinski definition) is 3. The van der Waals surface area contributed by atoms with Gasteiger partial charge in [-0.2, -0.15) is 17.6 Å². The number of halogens is 3. The first-order valence-corrected chi connectivity index (χ1v) is 6.98. The van der Waals surface area contributed by atoms with Crippen molar-refractivity contribution >= 4 is 15.7 Å². The van der Waals surface area contributed by atoms with Gasteiger partial charge >= 0.3 is 6.18 Å². The highest BCUT2D eigenvalue weighted by Crippen LogP contribution is 2.30. The van der Waals surface area contributed by atoms with Crippen LogP contribution in [0.3, 0.4) is 0 Å². The Hall–Kier alpha value is -1.57. The summed E-state index contributed by atoms with van der Waals surface area (Å²) in [5, 5.41) is 0. The van der Waals surface area contributed by atoms with Gasteiger partial charge in [-0.3, -0.25) is 0 Å². The average molecular weight is 293 g/mol. The molecule has 0 amide bonds. The molecule has 0 fully saturated rings. The van der Waals surface area contributed by atoms with Crippen LogP contribution in [0.15, 0.2) is 28.7 Å². The maximum Gasteiger partial charge on any atom is 0.416 e. The van der Waals surface area contributed by atoms with E-state index in [1.165, 1.54) is 12.1 Å². The van der Waals surface area contributed by atoms with E-state index in [0.29, 0.717) is 12.1 Å². The zero-order chi connectivity index (χ0) is 14.1. The Bertz CT molecular complexity index is 591. The Kier molecular flexibility index (Phi) is 3.53. The van der Waals surface area contributed by atoms with Crippen LogP contribution in [0.1, 0.15) is 12.0 Å². The number of sulfonamides is 1. The van der Waals surface area contributed by atoms with Gasteiger partial charge in [0.1, 0.15) is 12.4 Å². The van der Waals surface area contributed by atoms with Crippen molar-refractivity contribution in [3.63, 3.8) is 0 Å². The van der Waals surface area contributed by atoms with E-state index in [1.54, 1.807) is 0 Å². The Balaban J connectivity index is 1.98. The Morgan fingerprint density at radius 3 is 2.32 bits per heavy atom. The van der Waals surface area contributed by atoms with Crippen LogP contribution in [0.2, 0.25) is 0 Å². The van der Waals surface area contributed by atoms with Crippen molar-refractivity contribution in [2.75, 3.05) is 12.4 Å². The summed E-state index contributed by atoms with van der Waals surface area (Å²) in [6.45, 7) is -0.0371. The first-order chi connectivity index (χ1) is 8.76. The predicted molar refractivity (Wildman–Crippen MR) is 62.8 cm³/mol. The lowest BCUT2D eigenvalue weighted by atomic mass is 10.2. The molecule has 104 valence electrons. The highest BCUT2D eigenvalue weighted by Gasteiger charge is 2.30. The van der Waals surface area contributed by atoms with Gasteiger partial charge in [-0.1, -0.05) is 0 Å². The molecule has 0 radical (unpaired) electrons. The molecule has 0 atom stereocenters. The van der Waals surface area contributed by atoms with Crippen LogP contribution in [-0.2, 0) is 16.2 Å². The lowest BCUT2D eigenvalue weighted by molar-refractivity contribution is -0.137. The minimum Gasteiger partial charge on any atom is -0.488 e. The molecule has 1 aromatic rings. The molecule has 2 rings (SSSR count). The molecule has 0 N–H and O–H groups in total. The van der Waals surface area contributed by atoms with Crippen LogP contribution >= 0.6 is 0 Å². The number of ether oxygens (including phenoxy) is 1. The van der Waals surface area contributed by atoms with Crippen LogP contribution in [0.25, 0.3) is 0 Å². The number of nitrogens with zero attached hydrogens (tertiary/aromatic N) is 1. The van der Waals surface area contributed by atoms with E-state index >= 15 is 0 Å². The van der Waals surface area contributed by atoms with Crippen molar-refractivity contribution in [3.8, 4) is 5.75 Å². The van der Waals surface area contributed by atoms with Crippen LogP contribution < -0.4 is 4.74 Å². The molecule has 0 bridgehead atoms. The van der Waals surface area contributed by atoms with Crippen LogP contribution in [0.4, 0.5) is 13.2 Å². The summed E-state index contributed by atoms with van der Waals surface area (Å²) >= 11 is 0. The Morgan fingerprint density at radius 2 is 1.84 bits per heavy atom. The second-order valence-corrected chi connectivity index (χ2v) is 5.76. The van der Waals surface area contributed by atoms with Gasteiger partial charge in [-0.05, 0) is 24.3 Å². The van der Waals surface area contributed by atoms with Gasteiger partial charge in [-0.15, -0.1) is 0 Å². The highest BCUT2D eigenvalue weighted by atomic mass is 32.2. The van der Waals surface area contributed by atoms with Gasteiger partial charge in [-0.25, -0.2) is 8.42 Å². The standard InChI is InChI=1S/C11H10F3NO3S/c12-11(13,14)8-1-3-10(4-2-8)18-7-9-5-6-19(16,17)15-9/h1-4H,5-7H2. The van der Waals surface area contributed by atoms with Crippen LogP contribution in [-0.4, -0.2) is 26.5 Å². The molecule has 1 aliphatic rings. The molecule has 1 heterocycles. The summed E-state index contributed by atoms with van der Waals surface area (Å²) in [6.07, 6.45) is -4.09. The summed E-state index contributed by atoms with van der Waals surface area (Å²) < 4.78 is 67.7. The molecule has 0 spiro atoms. The van der Waals surface area contributed by atoms with E-state index in [2.05, 4.69) is 4.40 Å². The third-order valence-electron chi connectivity index (χ3n) is 2.50. The molecule has 1 aromatic carbocycles. The lowest BCUT2D eigenvalue weighted by Crippen LogP contribution is -2.09. The van der Waals surface area contributed by atoms with Gasteiger partial charge in [0.25, 0.3) is 10.0 Å². The fourth-order valence-electron chi connectivity index (χ4n) is 1.54. The third kappa shape index (κ3) is 3.69. The molecule has 4 nitrogen and oxygen atoms in total. The fourth-order valence-corrected chi connectivity index (χ4v) is 2.66. The molecule has 0 aliphatic carbocycles. The predicted octanol–water partition coefficient (Wildman–Crippen LogP) is 2.26. The summed E-state index contributed by atoms with van der Waals surface area (Å²) in [6, 6.07) is 4.19. The third-order valence-corrected chi connectivity index (χ3v) is 3.76. The number of hydrogen-bond donors (Lipinski definition) is 0. The van der Waals surface area contributed by atoms with E-state index in [1.807, 2.05) is 0 Å². The van der Waals surface area contributed by atoms with Gasteiger partial charge < -0.3 is 4.74 Å². The minimum absolute atomic E-state index is 0.0371. The molecule has 0 unspecified atom stereocenters. The largest absolute Gasteiger partial charge is 0.488 e. The van der Waals surface area contributed by atoms with E-state index in [-0.39, 0.29) is 18.1 Å². The second-order valence-electron chi connectivity index (χ2n) is 4.00. The molecule has 8 heteroatoms. The van der Waals surface area contributed by atoms with Crippen LogP contribution in [0, 0.1) is 0 Å². The SMILES string of the molecule is O=S1(=O)CCC(COc2ccc(C(F)(F)F)cc2)=N1. The Labute approximate surface area is 108 Å². The molecule has 0 aromatic heterocycles. The first-order valence-electron chi connectivity index (χ1n) is 5.37. The molecule has 19 heavy (non-hydrogen) atoms. The molecule has 1 aliphatic heterocycles. The quantitative estimate of drug-likeness (QED) is 0.859. The molecule has 0 saturated heterocycles. The average Bonchev–Trinajstić information content (AvgIpc) is 2.66. The van der Waals surface area contributed by atoms with E-state index < -0.39 is 21.8 Å². The summed E-state index contributed by atoms with van der Waals surface area (Å²) in [7, 11) is -3.37. The molecular formula is C11H10F3NO3S. The van der Waals surface area contributed by atoms with E-state index in [4.69, 9.17) is 4.74 Å². The van der Waals surface area contributed by atoms with Gasteiger partial charge in [0, 0.05) is 6.42 Å². The normalized spacial score (nSPS) is 18.2. The van der Waals surface area contributed by atoms with Gasteiger partial charge in [0.05, 0.1) is 17.0 Å². The first kappa shape index (κ1) is 13.9. The number of alkyl halides is 3. The number of benzene rings is 1. The van der Waals surface area contributed by atoms with Gasteiger partial charge in [0.2, 0.25) is 0 Å². The highest BCUT2D eigenvalue weighted by molar-refractivity contribution is 7.90. The number of rotatable bonds is 3. The van der Waals surface area contributed by atoms with Crippen LogP contribution in [0.5, 0.6) is 5.75 Å². The van der Waals surface area contributed by atoms with Crippen molar-refractivity contribution in [1.82, 2.24) is 0 Å². The fraction of sp³-hybridized carbons (Fsp3) is 0.364. The van der Waals surface area contributed by atoms with Crippen molar-refractivity contribution in [2.24, 2.45) is 4.40 Å². The zero-order valence-electron chi connectivity index (χ0n) is 9.64. The monoisotopic (exact) mass is 293 g/mol. The lowest BCUT2D eigenvalue weighted by Gasteiger charge is -2.08. The summed E-state index contributed by atoms with van der Waals surface area (Å²) in [5.41, 5.74) is -0.388. The minimum atomic E-state index is -4.39. The smallest absolute Gasteiger partial charge is 0.416 e. The van der Waals surface area contributed by atoms with E-state index in [0.717, 1.165) is 12.1 Å². The Morgan fingerprint density at radius 1 is 1.21 bits per heavy atom. The second kappa shape index (κ2) is 4.84. The van der Waals surface area contributed by atoms with Crippen molar-refractivity contribution in [2.45, 2.75) is 12.6 Å². The maximum absolute atomic E-state index is 12.3. The molecule has 0 saturated carbocycles. The maximum atomic E-state index is 12.3. The van der Waals surface area contributed by atoms with Gasteiger partial charge in [0.15, 0.2) is 0 Å². The topological polar surface area (TPSA) is 55.7 Å². The summed E-state index contributed by atoms with van der Waals surface area (Å²) in [4.78, 5) is 0.